The summed E-state index contributed by atoms with van der Waals surface area (Å²) in [6.45, 7) is 0.666. The molecule has 27 heavy (non-hydrogen) atoms. The van der Waals surface area contributed by atoms with Crippen molar-refractivity contribution in [2.24, 2.45) is 0 Å². The molecule has 1 N–H and O–H groups in total. The minimum absolute atomic E-state index is 0.0223. The molecule has 1 saturated heterocycles. The lowest BCUT2D eigenvalue weighted by molar-refractivity contribution is -0.121. The predicted molar refractivity (Wildman–Crippen MR) is 98.0 cm³/mol. The number of carbonyl (C=O) groups excluding carboxylic acids is 1. The maximum atomic E-state index is 13.3. The van der Waals surface area contributed by atoms with Crippen LogP contribution in [-0.4, -0.2) is 55.5 Å². The first-order valence-electron chi connectivity index (χ1n) is 8.71. The lowest BCUT2D eigenvalue weighted by Gasteiger charge is -2.22. The largest absolute Gasteiger partial charge is 0.359 e. The fourth-order valence-corrected chi connectivity index (χ4v) is 4.84. The number of hydrogen-bond acceptors (Lipinski definition) is 6. The minimum atomic E-state index is -2.93. The lowest BCUT2D eigenvalue weighted by Crippen LogP contribution is -2.36. The smallest absolute Gasteiger partial charge is 0.221 e. The van der Waals surface area contributed by atoms with Gasteiger partial charge in [-0.25, -0.2) is 12.8 Å². The van der Waals surface area contributed by atoms with Crippen LogP contribution in [0.1, 0.15) is 18.6 Å². The van der Waals surface area contributed by atoms with Crippen LogP contribution in [0.25, 0.3) is 11.3 Å². The van der Waals surface area contributed by atoms with Crippen LogP contribution in [0.2, 0.25) is 0 Å². The quantitative estimate of drug-likeness (QED) is 0.766. The average molecular weight is 395 g/mol. The number of hydrogen-bond donors (Lipinski definition) is 1. The van der Waals surface area contributed by atoms with Gasteiger partial charge < -0.3 is 14.7 Å². The van der Waals surface area contributed by atoms with Gasteiger partial charge in [-0.15, -0.1) is 0 Å². The Morgan fingerprint density at radius 3 is 2.93 bits per heavy atom. The SMILES string of the molecule is CN(CCC(=O)NCc1cc(-c2cccc(F)c2)no1)[C@H]1CCS(=O)(=O)C1. The van der Waals surface area contributed by atoms with E-state index in [1.165, 1.54) is 12.1 Å². The highest BCUT2D eigenvalue weighted by Crippen LogP contribution is 2.20. The number of carbonyl (C=O) groups is 1. The second-order valence-electron chi connectivity index (χ2n) is 6.75. The molecule has 1 atom stereocenters. The summed E-state index contributed by atoms with van der Waals surface area (Å²) in [6.07, 6.45) is 0.874. The van der Waals surface area contributed by atoms with Crippen molar-refractivity contribution >= 4 is 15.7 Å². The highest BCUT2D eigenvalue weighted by Gasteiger charge is 2.30. The van der Waals surface area contributed by atoms with Gasteiger partial charge in [-0.3, -0.25) is 4.79 Å². The van der Waals surface area contributed by atoms with Gasteiger partial charge >= 0.3 is 0 Å². The number of aromatic nitrogens is 1. The van der Waals surface area contributed by atoms with Crippen LogP contribution >= 0.6 is 0 Å². The topological polar surface area (TPSA) is 92.5 Å². The van der Waals surface area contributed by atoms with Crippen molar-refractivity contribution in [1.29, 1.82) is 0 Å². The molecular formula is C18H22FN3O4S. The van der Waals surface area contributed by atoms with Crippen LogP contribution in [0.3, 0.4) is 0 Å². The summed E-state index contributed by atoms with van der Waals surface area (Å²) >= 11 is 0. The third kappa shape index (κ3) is 5.36. The van der Waals surface area contributed by atoms with Gasteiger partial charge in [0, 0.05) is 30.6 Å². The maximum Gasteiger partial charge on any atom is 0.221 e. The molecule has 0 saturated carbocycles. The summed E-state index contributed by atoms with van der Waals surface area (Å²) in [5, 5.41) is 6.63. The van der Waals surface area contributed by atoms with E-state index in [9.17, 15) is 17.6 Å². The van der Waals surface area contributed by atoms with E-state index in [2.05, 4.69) is 10.5 Å². The Kier molecular flexibility index (Phi) is 5.91. The molecule has 1 amide bonds. The van der Waals surface area contributed by atoms with E-state index in [0.29, 0.717) is 30.0 Å². The first-order valence-corrected chi connectivity index (χ1v) is 10.5. The van der Waals surface area contributed by atoms with Gasteiger partial charge in [0.15, 0.2) is 15.6 Å². The van der Waals surface area contributed by atoms with E-state index >= 15 is 0 Å². The van der Waals surface area contributed by atoms with Gasteiger partial charge in [-0.05, 0) is 25.6 Å². The number of nitrogens with one attached hydrogen (secondary N) is 1. The monoisotopic (exact) mass is 395 g/mol. The van der Waals surface area contributed by atoms with Gasteiger partial charge in [0.05, 0.1) is 18.1 Å². The zero-order valence-electron chi connectivity index (χ0n) is 15.0. The van der Waals surface area contributed by atoms with Gasteiger partial charge in [0.1, 0.15) is 11.5 Å². The van der Waals surface area contributed by atoms with Crippen molar-refractivity contribution in [2.75, 3.05) is 25.1 Å². The molecular weight excluding hydrogens is 373 g/mol. The van der Waals surface area contributed by atoms with Gasteiger partial charge in [-0.1, -0.05) is 17.3 Å². The molecule has 1 aliphatic rings. The van der Waals surface area contributed by atoms with Crippen molar-refractivity contribution in [3.63, 3.8) is 0 Å². The van der Waals surface area contributed by atoms with Crippen LogP contribution in [0.15, 0.2) is 34.9 Å². The molecule has 7 nitrogen and oxygen atoms in total. The van der Waals surface area contributed by atoms with Crippen molar-refractivity contribution in [3.8, 4) is 11.3 Å². The van der Waals surface area contributed by atoms with Gasteiger partial charge in [0.2, 0.25) is 5.91 Å². The molecule has 0 unspecified atom stereocenters. The molecule has 2 heterocycles. The Morgan fingerprint density at radius 1 is 1.41 bits per heavy atom. The second-order valence-corrected chi connectivity index (χ2v) is 8.98. The molecule has 1 aliphatic heterocycles. The molecule has 1 aromatic heterocycles. The summed E-state index contributed by atoms with van der Waals surface area (Å²) in [7, 11) is -1.10. The third-order valence-corrected chi connectivity index (χ3v) is 6.41. The fraction of sp³-hybridized carbons (Fsp3) is 0.444. The molecule has 0 spiro atoms. The molecule has 0 bridgehead atoms. The number of rotatable bonds is 7. The molecule has 146 valence electrons. The number of benzene rings is 1. The van der Waals surface area contributed by atoms with Crippen molar-refractivity contribution in [3.05, 3.63) is 41.9 Å². The Labute approximate surface area is 157 Å². The van der Waals surface area contributed by atoms with Crippen LogP contribution in [-0.2, 0) is 21.2 Å². The highest BCUT2D eigenvalue weighted by molar-refractivity contribution is 7.91. The molecule has 0 aliphatic carbocycles. The fourth-order valence-electron chi connectivity index (χ4n) is 3.04. The zero-order chi connectivity index (χ0) is 19.4. The highest BCUT2D eigenvalue weighted by atomic mass is 32.2. The zero-order valence-corrected chi connectivity index (χ0v) is 15.8. The lowest BCUT2D eigenvalue weighted by atomic mass is 10.1. The predicted octanol–water partition coefficient (Wildman–Crippen LogP) is 1.61. The van der Waals surface area contributed by atoms with Crippen molar-refractivity contribution in [2.45, 2.75) is 25.4 Å². The van der Waals surface area contributed by atoms with Crippen LogP contribution in [0, 0.1) is 5.82 Å². The third-order valence-electron chi connectivity index (χ3n) is 4.66. The van der Waals surface area contributed by atoms with Crippen LogP contribution in [0.5, 0.6) is 0 Å². The number of nitrogens with zero attached hydrogens (tertiary/aromatic N) is 2. The number of sulfone groups is 1. The van der Waals surface area contributed by atoms with Gasteiger partial charge in [0.25, 0.3) is 0 Å². The van der Waals surface area contributed by atoms with Crippen LogP contribution in [0.4, 0.5) is 4.39 Å². The van der Waals surface area contributed by atoms with E-state index in [1.807, 2.05) is 11.9 Å². The molecule has 1 aromatic carbocycles. The van der Waals surface area contributed by atoms with Crippen LogP contribution < -0.4 is 5.32 Å². The molecule has 2 aromatic rings. The number of halogens is 1. The molecule has 0 radical (unpaired) electrons. The Morgan fingerprint density at radius 2 is 2.22 bits per heavy atom. The Bertz CT molecular complexity index is 913. The minimum Gasteiger partial charge on any atom is -0.359 e. The first kappa shape index (κ1) is 19.5. The Hall–Kier alpha value is -2.26. The van der Waals surface area contributed by atoms with E-state index in [-0.39, 0.29) is 42.2 Å². The second kappa shape index (κ2) is 8.18. The average Bonchev–Trinajstić information content (AvgIpc) is 3.24. The van der Waals surface area contributed by atoms with E-state index in [0.717, 1.165) is 0 Å². The first-order chi connectivity index (χ1) is 12.8. The molecule has 3 rings (SSSR count). The normalized spacial score (nSPS) is 18.7. The maximum absolute atomic E-state index is 13.3. The summed E-state index contributed by atoms with van der Waals surface area (Å²) in [6, 6.07) is 7.66. The van der Waals surface area contributed by atoms with E-state index < -0.39 is 9.84 Å². The number of amides is 1. The molecule has 1 fully saturated rings. The van der Waals surface area contributed by atoms with E-state index in [4.69, 9.17) is 4.52 Å². The van der Waals surface area contributed by atoms with E-state index in [1.54, 1.807) is 18.2 Å². The summed E-state index contributed by atoms with van der Waals surface area (Å²) in [4.78, 5) is 13.9. The summed E-state index contributed by atoms with van der Waals surface area (Å²) < 4.78 is 41.5. The summed E-state index contributed by atoms with van der Waals surface area (Å²) in [5.74, 6) is 0.327. The van der Waals surface area contributed by atoms with Crippen molar-refractivity contribution in [1.82, 2.24) is 15.4 Å². The van der Waals surface area contributed by atoms with Gasteiger partial charge in [-0.2, -0.15) is 0 Å². The molecule has 9 heteroatoms. The standard InChI is InChI=1S/C18H22FN3O4S/c1-22(15-6-8-27(24,25)12-15)7-5-18(23)20-11-16-10-17(21-26-16)13-3-2-4-14(19)9-13/h2-4,9-10,15H,5-8,11-12H2,1H3,(H,20,23)/t15-/m0/s1. The van der Waals surface area contributed by atoms with Crippen molar-refractivity contribution < 1.29 is 22.1 Å². The Balaban J connectivity index is 1.44. The summed E-state index contributed by atoms with van der Waals surface area (Å²) in [5.41, 5.74) is 1.10.